The molecule has 1 heterocycles. The average Bonchev–Trinajstić information content (AvgIpc) is 2.83. The minimum absolute atomic E-state index is 0.0704. The predicted molar refractivity (Wildman–Crippen MR) is 72.2 cm³/mol. The molecular formula is C14H22N4O. The van der Waals surface area contributed by atoms with Crippen LogP contribution in [0.15, 0.2) is 18.5 Å². The maximum absolute atomic E-state index is 12.1. The smallest absolute Gasteiger partial charge is 0.241 e. The molecule has 0 aliphatic heterocycles. The van der Waals surface area contributed by atoms with Gasteiger partial charge in [0.05, 0.1) is 0 Å². The second kappa shape index (κ2) is 5.33. The molecule has 0 saturated heterocycles. The van der Waals surface area contributed by atoms with Crippen molar-refractivity contribution in [1.29, 1.82) is 0 Å². The minimum Gasteiger partial charge on any atom is -0.351 e. The Bertz CT molecular complexity index is 417. The van der Waals surface area contributed by atoms with Gasteiger partial charge in [0.15, 0.2) is 0 Å². The SMILES string of the molecule is NC1CC2CCCC(C1)C2NC(=O)Cn1cccn1. The van der Waals surface area contributed by atoms with Crippen molar-refractivity contribution in [3.8, 4) is 0 Å². The molecule has 5 heteroatoms. The number of aromatic nitrogens is 2. The number of amides is 1. The standard InChI is InChI=1S/C14H22N4O/c15-12-7-10-3-1-4-11(8-12)14(10)17-13(19)9-18-6-2-5-16-18/h2,5-6,10-12,14H,1,3-4,7-9,15H2,(H,17,19). The average molecular weight is 262 g/mol. The Balaban J connectivity index is 1.61. The van der Waals surface area contributed by atoms with Crippen LogP contribution in [0.5, 0.6) is 0 Å². The molecular weight excluding hydrogens is 240 g/mol. The van der Waals surface area contributed by atoms with Crippen LogP contribution in [-0.2, 0) is 11.3 Å². The molecule has 104 valence electrons. The van der Waals surface area contributed by atoms with E-state index in [0.29, 0.717) is 30.5 Å². The summed E-state index contributed by atoms with van der Waals surface area (Å²) in [6.07, 6.45) is 9.33. The van der Waals surface area contributed by atoms with Gasteiger partial charge >= 0.3 is 0 Å². The molecule has 3 N–H and O–H groups in total. The van der Waals surface area contributed by atoms with Gasteiger partial charge in [-0.1, -0.05) is 6.42 Å². The summed E-state index contributed by atoms with van der Waals surface area (Å²) >= 11 is 0. The molecule has 2 fully saturated rings. The molecule has 3 rings (SSSR count). The molecule has 1 aromatic rings. The Morgan fingerprint density at radius 3 is 2.74 bits per heavy atom. The highest BCUT2D eigenvalue weighted by Crippen LogP contribution is 2.39. The van der Waals surface area contributed by atoms with Crippen LogP contribution in [-0.4, -0.2) is 27.8 Å². The molecule has 2 aliphatic carbocycles. The summed E-state index contributed by atoms with van der Waals surface area (Å²) in [6.45, 7) is 0.314. The van der Waals surface area contributed by atoms with Crippen molar-refractivity contribution in [3.63, 3.8) is 0 Å². The molecule has 2 atom stereocenters. The number of nitrogens with two attached hydrogens (primary N) is 1. The van der Waals surface area contributed by atoms with Gasteiger partial charge in [-0.2, -0.15) is 5.10 Å². The maximum Gasteiger partial charge on any atom is 0.241 e. The first-order valence-electron chi connectivity index (χ1n) is 7.25. The molecule has 2 saturated carbocycles. The Morgan fingerprint density at radius 1 is 1.37 bits per heavy atom. The van der Waals surface area contributed by atoms with Crippen LogP contribution in [0.25, 0.3) is 0 Å². The van der Waals surface area contributed by atoms with E-state index in [1.165, 1.54) is 19.3 Å². The van der Waals surface area contributed by atoms with E-state index in [1.54, 1.807) is 10.9 Å². The van der Waals surface area contributed by atoms with E-state index in [1.807, 2.05) is 12.3 Å². The summed E-state index contributed by atoms with van der Waals surface area (Å²) in [7, 11) is 0. The van der Waals surface area contributed by atoms with Gasteiger partial charge < -0.3 is 11.1 Å². The van der Waals surface area contributed by atoms with Crippen LogP contribution in [0, 0.1) is 11.8 Å². The van der Waals surface area contributed by atoms with E-state index in [9.17, 15) is 4.79 Å². The van der Waals surface area contributed by atoms with Crippen LogP contribution in [0.2, 0.25) is 0 Å². The number of carbonyl (C=O) groups excluding carboxylic acids is 1. The van der Waals surface area contributed by atoms with Gasteiger partial charge in [0.1, 0.15) is 6.54 Å². The van der Waals surface area contributed by atoms with Gasteiger partial charge in [-0.3, -0.25) is 9.48 Å². The van der Waals surface area contributed by atoms with E-state index in [4.69, 9.17) is 5.73 Å². The quantitative estimate of drug-likeness (QED) is 0.850. The van der Waals surface area contributed by atoms with Crippen molar-refractivity contribution in [2.24, 2.45) is 17.6 Å². The minimum atomic E-state index is 0.0704. The number of rotatable bonds is 3. The molecule has 1 amide bonds. The van der Waals surface area contributed by atoms with E-state index in [-0.39, 0.29) is 5.91 Å². The molecule has 2 unspecified atom stereocenters. The topological polar surface area (TPSA) is 72.9 Å². The number of nitrogens with zero attached hydrogens (tertiary/aromatic N) is 2. The zero-order valence-corrected chi connectivity index (χ0v) is 11.2. The summed E-state index contributed by atoms with van der Waals surface area (Å²) in [5, 5.41) is 7.29. The Hall–Kier alpha value is -1.36. The zero-order valence-electron chi connectivity index (χ0n) is 11.2. The Kier molecular flexibility index (Phi) is 3.55. The van der Waals surface area contributed by atoms with Gasteiger partial charge in [0.2, 0.25) is 5.91 Å². The van der Waals surface area contributed by atoms with E-state index >= 15 is 0 Å². The van der Waals surface area contributed by atoms with Crippen molar-refractivity contribution in [2.45, 2.75) is 50.7 Å². The first-order valence-corrected chi connectivity index (χ1v) is 7.25. The van der Waals surface area contributed by atoms with Crippen molar-refractivity contribution < 1.29 is 4.79 Å². The fraction of sp³-hybridized carbons (Fsp3) is 0.714. The third-order valence-corrected chi connectivity index (χ3v) is 4.57. The number of hydrogen-bond acceptors (Lipinski definition) is 3. The molecule has 0 radical (unpaired) electrons. The lowest BCUT2D eigenvalue weighted by Crippen LogP contribution is -2.54. The zero-order chi connectivity index (χ0) is 13.2. The first-order chi connectivity index (χ1) is 9.22. The van der Waals surface area contributed by atoms with Gasteiger partial charge in [-0.25, -0.2) is 0 Å². The molecule has 1 aromatic heterocycles. The molecule has 0 spiro atoms. The monoisotopic (exact) mass is 262 g/mol. The lowest BCUT2D eigenvalue weighted by Gasteiger charge is -2.45. The molecule has 2 bridgehead atoms. The molecule has 5 nitrogen and oxygen atoms in total. The molecule has 2 aliphatic rings. The number of carbonyl (C=O) groups is 1. The second-order valence-electron chi connectivity index (χ2n) is 5.98. The van der Waals surface area contributed by atoms with Crippen LogP contribution >= 0.6 is 0 Å². The van der Waals surface area contributed by atoms with Gasteiger partial charge in [-0.05, 0) is 43.6 Å². The Labute approximate surface area is 113 Å². The van der Waals surface area contributed by atoms with E-state index in [0.717, 1.165) is 12.8 Å². The summed E-state index contributed by atoms with van der Waals surface area (Å²) in [6, 6.07) is 2.49. The Morgan fingerprint density at radius 2 is 2.11 bits per heavy atom. The molecule has 19 heavy (non-hydrogen) atoms. The number of hydrogen-bond donors (Lipinski definition) is 2. The number of nitrogens with one attached hydrogen (secondary N) is 1. The lowest BCUT2D eigenvalue weighted by molar-refractivity contribution is -0.124. The highest BCUT2D eigenvalue weighted by molar-refractivity contribution is 5.76. The summed E-state index contributed by atoms with van der Waals surface area (Å²) in [5.41, 5.74) is 6.10. The van der Waals surface area contributed by atoms with Crippen LogP contribution < -0.4 is 11.1 Å². The van der Waals surface area contributed by atoms with Crippen LogP contribution in [0.3, 0.4) is 0 Å². The fourth-order valence-corrected chi connectivity index (χ4v) is 3.80. The third-order valence-electron chi connectivity index (χ3n) is 4.57. The predicted octanol–water partition coefficient (Wildman–Crippen LogP) is 0.905. The first kappa shape index (κ1) is 12.7. The normalized spacial score (nSPS) is 33.9. The third kappa shape index (κ3) is 2.81. The van der Waals surface area contributed by atoms with Crippen molar-refractivity contribution in [1.82, 2.24) is 15.1 Å². The van der Waals surface area contributed by atoms with Crippen molar-refractivity contribution >= 4 is 5.91 Å². The lowest BCUT2D eigenvalue weighted by atomic mass is 9.67. The maximum atomic E-state index is 12.1. The number of fused-ring (bicyclic) bond motifs is 2. The second-order valence-corrected chi connectivity index (χ2v) is 5.98. The van der Waals surface area contributed by atoms with Crippen molar-refractivity contribution in [3.05, 3.63) is 18.5 Å². The fourth-order valence-electron chi connectivity index (χ4n) is 3.80. The van der Waals surface area contributed by atoms with Gasteiger partial charge in [0.25, 0.3) is 0 Å². The van der Waals surface area contributed by atoms with Gasteiger partial charge in [-0.15, -0.1) is 0 Å². The van der Waals surface area contributed by atoms with E-state index in [2.05, 4.69) is 10.4 Å². The van der Waals surface area contributed by atoms with Crippen molar-refractivity contribution in [2.75, 3.05) is 0 Å². The molecule has 0 aromatic carbocycles. The highest BCUT2D eigenvalue weighted by atomic mass is 16.2. The van der Waals surface area contributed by atoms with E-state index < -0.39 is 0 Å². The van der Waals surface area contributed by atoms with Gasteiger partial charge in [0, 0.05) is 24.5 Å². The summed E-state index contributed by atoms with van der Waals surface area (Å²) < 4.78 is 1.67. The summed E-state index contributed by atoms with van der Waals surface area (Å²) in [4.78, 5) is 12.1. The highest BCUT2D eigenvalue weighted by Gasteiger charge is 2.39. The van der Waals surface area contributed by atoms with Crippen LogP contribution in [0.1, 0.15) is 32.1 Å². The van der Waals surface area contributed by atoms with Crippen LogP contribution in [0.4, 0.5) is 0 Å². The summed E-state index contributed by atoms with van der Waals surface area (Å²) in [5.74, 6) is 1.22. The largest absolute Gasteiger partial charge is 0.351 e.